The van der Waals surface area contributed by atoms with Crippen molar-refractivity contribution in [3.8, 4) is 5.75 Å². The highest BCUT2D eigenvalue weighted by Gasteiger charge is 2.27. The maximum atomic E-state index is 12.5. The first kappa shape index (κ1) is 14.2. The fourth-order valence-corrected chi connectivity index (χ4v) is 2.45. The number of hydrogen-bond acceptors (Lipinski definition) is 4. The van der Waals surface area contributed by atoms with Crippen LogP contribution in [0.4, 0.5) is 0 Å². The zero-order valence-electron chi connectivity index (χ0n) is 11.5. The van der Waals surface area contributed by atoms with Crippen molar-refractivity contribution >= 4 is 11.7 Å². The lowest BCUT2D eigenvalue weighted by atomic mass is 9.95. The van der Waals surface area contributed by atoms with E-state index in [1.54, 1.807) is 24.1 Å². The number of hydrogen-bond donors (Lipinski definition) is 2. The number of likely N-dealkylation sites (tertiary alicyclic amines) is 1. The van der Waals surface area contributed by atoms with Crippen LogP contribution >= 0.6 is 0 Å². The van der Waals surface area contributed by atoms with E-state index in [9.17, 15) is 4.79 Å². The lowest BCUT2D eigenvalue weighted by molar-refractivity contribution is 0.0705. The predicted octanol–water partition coefficient (Wildman–Crippen LogP) is 1.29. The average Bonchev–Trinajstić information content (AvgIpc) is 2.53. The highest BCUT2D eigenvalue weighted by Crippen LogP contribution is 2.23. The minimum absolute atomic E-state index is 0.0413. The van der Waals surface area contributed by atoms with Crippen molar-refractivity contribution in [2.75, 3.05) is 20.2 Å². The molecule has 3 N–H and O–H groups in total. The van der Waals surface area contributed by atoms with E-state index in [0.29, 0.717) is 37.2 Å². The molecule has 2 rings (SSSR count). The summed E-state index contributed by atoms with van der Waals surface area (Å²) in [7, 11) is 1.55. The quantitative estimate of drug-likeness (QED) is 0.377. The second-order valence-electron chi connectivity index (χ2n) is 4.79. The molecule has 0 radical (unpaired) electrons. The summed E-state index contributed by atoms with van der Waals surface area (Å²) < 4.78 is 5.21. The van der Waals surface area contributed by atoms with Gasteiger partial charge in [0.05, 0.1) is 12.7 Å². The summed E-state index contributed by atoms with van der Waals surface area (Å²) in [5.41, 5.74) is 6.17. The van der Waals surface area contributed by atoms with E-state index >= 15 is 0 Å². The van der Waals surface area contributed by atoms with Crippen LogP contribution in [-0.2, 0) is 0 Å². The summed E-state index contributed by atoms with van der Waals surface area (Å²) >= 11 is 0. The third-order valence-electron chi connectivity index (χ3n) is 3.65. The van der Waals surface area contributed by atoms with E-state index in [-0.39, 0.29) is 17.7 Å². The number of amidine groups is 1. The van der Waals surface area contributed by atoms with Gasteiger partial charge in [-0.1, -0.05) is 17.3 Å². The summed E-state index contributed by atoms with van der Waals surface area (Å²) in [4.78, 5) is 14.2. The van der Waals surface area contributed by atoms with Gasteiger partial charge in [-0.05, 0) is 25.0 Å². The van der Waals surface area contributed by atoms with Gasteiger partial charge in [0.15, 0.2) is 0 Å². The van der Waals surface area contributed by atoms with E-state index in [2.05, 4.69) is 5.16 Å². The summed E-state index contributed by atoms with van der Waals surface area (Å²) in [6, 6.07) is 7.19. The summed E-state index contributed by atoms with van der Waals surface area (Å²) in [5, 5.41) is 11.7. The number of methoxy groups -OCH3 is 1. The normalized spacial score (nSPS) is 17.1. The van der Waals surface area contributed by atoms with Crippen LogP contribution in [-0.4, -0.2) is 42.0 Å². The molecule has 1 heterocycles. The molecule has 20 heavy (non-hydrogen) atoms. The van der Waals surface area contributed by atoms with Crippen LogP contribution in [0.2, 0.25) is 0 Å². The molecule has 0 aromatic heterocycles. The number of rotatable bonds is 3. The zero-order chi connectivity index (χ0) is 14.5. The number of ether oxygens (including phenoxy) is 1. The highest BCUT2D eigenvalue weighted by atomic mass is 16.5. The van der Waals surface area contributed by atoms with Gasteiger partial charge in [-0.15, -0.1) is 0 Å². The molecule has 1 saturated heterocycles. The van der Waals surface area contributed by atoms with Gasteiger partial charge >= 0.3 is 0 Å². The van der Waals surface area contributed by atoms with Crippen LogP contribution in [0, 0.1) is 5.92 Å². The lowest BCUT2D eigenvalue weighted by Crippen LogP contribution is -2.41. The van der Waals surface area contributed by atoms with Gasteiger partial charge in [0.25, 0.3) is 5.91 Å². The molecule has 0 saturated carbocycles. The number of piperidine rings is 1. The number of nitrogens with zero attached hydrogens (tertiary/aromatic N) is 2. The molecule has 1 amide bonds. The Kier molecular flexibility index (Phi) is 4.45. The molecular formula is C14H19N3O3. The van der Waals surface area contributed by atoms with Crippen LogP contribution in [0.5, 0.6) is 5.75 Å². The van der Waals surface area contributed by atoms with Crippen molar-refractivity contribution in [1.82, 2.24) is 4.90 Å². The second kappa shape index (κ2) is 6.27. The molecule has 0 bridgehead atoms. The molecule has 6 nitrogen and oxygen atoms in total. The van der Waals surface area contributed by atoms with Crippen LogP contribution in [0.15, 0.2) is 29.4 Å². The number of carbonyl (C=O) groups excluding carboxylic acids is 1. The smallest absolute Gasteiger partial charge is 0.257 e. The first-order valence-corrected chi connectivity index (χ1v) is 6.57. The van der Waals surface area contributed by atoms with E-state index in [1.165, 1.54) is 0 Å². The van der Waals surface area contributed by atoms with Gasteiger partial charge in [0, 0.05) is 19.0 Å². The van der Waals surface area contributed by atoms with Crippen molar-refractivity contribution in [2.24, 2.45) is 16.8 Å². The molecule has 0 unspecified atom stereocenters. The Bertz CT molecular complexity index is 508. The van der Waals surface area contributed by atoms with Crippen molar-refractivity contribution in [3.63, 3.8) is 0 Å². The fraction of sp³-hybridized carbons (Fsp3) is 0.429. The zero-order valence-corrected chi connectivity index (χ0v) is 11.5. The lowest BCUT2D eigenvalue weighted by Gasteiger charge is -2.31. The number of carbonyl (C=O) groups is 1. The van der Waals surface area contributed by atoms with Crippen molar-refractivity contribution in [3.05, 3.63) is 29.8 Å². The minimum atomic E-state index is -0.0413. The van der Waals surface area contributed by atoms with Gasteiger partial charge in [-0.3, -0.25) is 4.79 Å². The Morgan fingerprint density at radius 3 is 2.65 bits per heavy atom. The fourth-order valence-electron chi connectivity index (χ4n) is 2.45. The summed E-state index contributed by atoms with van der Waals surface area (Å²) in [6.07, 6.45) is 1.41. The maximum Gasteiger partial charge on any atom is 0.257 e. The molecule has 108 valence electrons. The number of para-hydroxylation sites is 1. The molecule has 0 spiro atoms. The molecule has 1 aliphatic rings. The Labute approximate surface area is 117 Å². The molecule has 1 aromatic rings. The molecular weight excluding hydrogens is 258 g/mol. The monoisotopic (exact) mass is 277 g/mol. The van der Waals surface area contributed by atoms with Crippen LogP contribution in [0.1, 0.15) is 23.2 Å². The largest absolute Gasteiger partial charge is 0.496 e. The van der Waals surface area contributed by atoms with Gasteiger partial charge in [-0.2, -0.15) is 0 Å². The van der Waals surface area contributed by atoms with Gasteiger partial charge < -0.3 is 20.6 Å². The first-order chi connectivity index (χ1) is 9.67. The van der Waals surface area contributed by atoms with E-state index in [0.717, 1.165) is 0 Å². The Balaban J connectivity index is 2.05. The second-order valence-corrected chi connectivity index (χ2v) is 4.79. The van der Waals surface area contributed by atoms with Crippen LogP contribution in [0.25, 0.3) is 0 Å². The Morgan fingerprint density at radius 2 is 2.05 bits per heavy atom. The third kappa shape index (κ3) is 2.84. The molecule has 1 aliphatic heterocycles. The summed E-state index contributed by atoms with van der Waals surface area (Å²) in [5.74, 6) is 0.826. The first-order valence-electron chi connectivity index (χ1n) is 6.57. The van der Waals surface area contributed by atoms with Crippen LogP contribution < -0.4 is 10.5 Å². The number of oxime groups is 1. The average molecular weight is 277 g/mol. The van der Waals surface area contributed by atoms with Gasteiger partial charge in [0.2, 0.25) is 0 Å². The van der Waals surface area contributed by atoms with Gasteiger partial charge in [-0.25, -0.2) is 0 Å². The topological polar surface area (TPSA) is 88.2 Å². The SMILES string of the molecule is COc1ccccc1C(=O)N1CCC(C(N)=NO)CC1. The van der Waals surface area contributed by atoms with Crippen molar-refractivity contribution in [1.29, 1.82) is 0 Å². The molecule has 0 atom stereocenters. The number of nitrogens with two attached hydrogens (primary N) is 1. The maximum absolute atomic E-state index is 12.5. The number of amides is 1. The molecule has 1 fully saturated rings. The van der Waals surface area contributed by atoms with Crippen molar-refractivity contribution in [2.45, 2.75) is 12.8 Å². The Hall–Kier alpha value is -2.24. The van der Waals surface area contributed by atoms with Gasteiger partial charge in [0.1, 0.15) is 11.6 Å². The highest BCUT2D eigenvalue weighted by molar-refractivity contribution is 5.97. The standard InChI is InChI=1S/C14H19N3O3/c1-20-12-5-3-2-4-11(12)14(18)17-8-6-10(7-9-17)13(15)16-19/h2-5,10,19H,6-9H2,1H3,(H2,15,16). The van der Waals surface area contributed by atoms with E-state index < -0.39 is 0 Å². The summed E-state index contributed by atoms with van der Waals surface area (Å²) in [6.45, 7) is 1.19. The molecule has 6 heteroatoms. The molecule has 1 aromatic carbocycles. The van der Waals surface area contributed by atoms with Crippen LogP contribution in [0.3, 0.4) is 0 Å². The predicted molar refractivity (Wildman–Crippen MR) is 75.0 cm³/mol. The Morgan fingerprint density at radius 1 is 1.40 bits per heavy atom. The van der Waals surface area contributed by atoms with E-state index in [4.69, 9.17) is 15.7 Å². The van der Waals surface area contributed by atoms with E-state index in [1.807, 2.05) is 12.1 Å². The number of benzene rings is 1. The third-order valence-corrected chi connectivity index (χ3v) is 3.65. The van der Waals surface area contributed by atoms with Crippen molar-refractivity contribution < 1.29 is 14.7 Å². The minimum Gasteiger partial charge on any atom is -0.496 e. The molecule has 0 aliphatic carbocycles.